The van der Waals surface area contributed by atoms with E-state index in [0.717, 1.165) is 13.2 Å². The van der Waals surface area contributed by atoms with Crippen LogP contribution in [0.1, 0.15) is 0 Å². The zero-order valence-corrected chi connectivity index (χ0v) is 8.25. The molecule has 1 N–H and O–H groups in total. The summed E-state index contributed by atoms with van der Waals surface area (Å²) in [6.45, 7) is 0. The monoisotopic (exact) mass is 216 g/mol. The van der Waals surface area contributed by atoms with Crippen molar-refractivity contribution in [2.45, 2.75) is 12.0 Å². The van der Waals surface area contributed by atoms with Gasteiger partial charge in [0.25, 0.3) is 0 Å². The van der Waals surface area contributed by atoms with Crippen molar-refractivity contribution in [3.05, 3.63) is 23.2 Å². The predicted octanol–water partition coefficient (Wildman–Crippen LogP) is 1.06. The molecule has 82 valence electrons. The topological polar surface area (TPSA) is 38.7 Å². The molecule has 1 aliphatic carbocycles. The summed E-state index contributed by atoms with van der Waals surface area (Å²) in [5.74, 6) is -1.81. The molecule has 15 heavy (non-hydrogen) atoms. The van der Waals surface area contributed by atoms with E-state index in [2.05, 4.69) is 9.47 Å². The molecule has 0 fully saturated rings. The van der Waals surface area contributed by atoms with Crippen LogP contribution in [0.5, 0.6) is 0 Å². The Balaban J connectivity index is 3.28. The highest BCUT2D eigenvalue weighted by Crippen LogP contribution is 2.35. The van der Waals surface area contributed by atoms with Gasteiger partial charge in [-0.3, -0.25) is 0 Å². The van der Waals surface area contributed by atoms with E-state index in [0.29, 0.717) is 0 Å². The zero-order valence-electron chi connectivity index (χ0n) is 8.25. The molecule has 0 aromatic carbocycles. The summed E-state index contributed by atoms with van der Waals surface area (Å²) in [4.78, 5) is 0. The summed E-state index contributed by atoms with van der Waals surface area (Å²) in [6.07, 6.45) is 3.59. The lowest BCUT2D eigenvalue weighted by Gasteiger charge is -2.30. The molecule has 3 nitrogen and oxygen atoms in total. The third-order valence-electron chi connectivity index (χ3n) is 2.11. The van der Waals surface area contributed by atoms with Crippen molar-refractivity contribution in [3.63, 3.8) is 0 Å². The number of rotatable bonds is 2. The predicted molar refractivity (Wildman–Crippen MR) is 48.9 cm³/mol. The molecule has 5 heteroatoms. The van der Waals surface area contributed by atoms with Gasteiger partial charge < -0.3 is 14.6 Å². The molecule has 2 atom stereocenters. The Kier molecular flexibility index (Phi) is 3.12. The highest BCUT2D eigenvalue weighted by Gasteiger charge is 2.44. The van der Waals surface area contributed by atoms with Crippen LogP contribution in [-0.4, -0.2) is 31.3 Å². The number of alkyl halides is 1. The summed E-state index contributed by atoms with van der Waals surface area (Å²) in [6, 6.07) is 0. The Morgan fingerprint density at radius 2 is 2.20 bits per heavy atom. The van der Waals surface area contributed by atoms with Crippen molar-refractivity contribution in [1.82, 2.24) is 0 Å². The molecule has 0 saturated heterocycles. The van der Waals surface area contributed by atoms with Crippen LogP contribution in [0.2, 0.25) is 0 Å². The minimum atomic E-state index is -2.29. The van der Waals surface area contributed by atoms with Crippen molar-refractivity contribution in [1.29, 1.82) is 0 Å². The van der Waals surface area contributed by atoms with Gasteiger partial charge in [-0.25, -0.2) is 8.78 Å². The quantitative estimate of drug-likeness (QED) is 0.554. The van der Waals surface area contributed by atoms with E-state index in [9.17, 15) is 13.9 Å². The molecule has 0 radical (unpaired) electrons. The molecule has 0 heterocycles. The first-order valence-corrected chi connectivity index (χ1v) is 4.05. The van der Waals surface area contributed by atoms with Crippen molar-refractivity contribution in [3.8, 4) is 12.3 Å². The van der Waals surface area contributed by atoms with Gasteiger partial charge >= 0.3 is 0 Å². The number of terminal acetylenes is 1. The van der Waals surface area contributed by atoms with E-state index in [-0.39, 0.29) is 5.76 Å². The fourth-order valence-electron chi connectivity index (χ4n) is 1.22. The third kappa shape index (κ3) is 1.74. The maximum atomic E-state index is 13.5. The zero-order chi connectivity index (χ0) is 11.6. The normalized spacial score (nSPS) is 30.9. The number of aliphatic hydroxyl groups is 1. The third-order valence-corrected chi connectivity index (χ3v) is 2.11. The summed E-state index contributed by atoms with van der Waals surface area (Å²) in [7, 11) is 2.25. The van der Waals surface area contributed by atoms with Gasteiger partial charge in [-0.15, -0.1) is 6.42 Å². The van der Waals surface area contributed by atoms with Gasteiger partial charge in [-0.05, 0) is 0 Å². The number of allylic oxidation sites excluding steroid dienone is 1. The second-order valence-corrected chi connectivity index (χ2v) is 2.90. The Bertz CT molecular complexity index is 367. The highest BCUT2D eigenvalue weighted by atomic mass is 19.1. The minimum absolute atomic E-state index is 0.346. The smallest absolute Gasteiger partial charge is 0.226 e. The van der Waals surface area contributed by atoms with Crippen LogP contribution < -0.4 is 0 Å². The number of hydrogen-bond acceptors (Lipinski definition) is 3. The summed E-state index contributed by atoms with van der Waals surface area (Å²) < 4.78 is 36.1. The highest BCUT2D eigenvalue weighted by molar-refractivity contribution is 5.45. The standard InChI is InChI=1S/C10H10F2O3/c1-4-6-8(11)7(14-2)5-10(13,15-3)9(6)12/h1,5,9,13H,2-3H3. The Morgan fingerprint density at radius 3 is 2.60 bits per heavy atom. The van der Waals surface area contributed by atoms with Crippen LogP contribution in [0.25, 0.3) is 0 Å². The number of methoxy groups -OCH3 is 2. The SMILES string of the molecule is C#CC1=C(F)C(OC)=CC(O)(OC)C1F. The van der Waals surface area contributed by atoms with E-state index < -0.39 is 23.4 Å². The van der Waals surface area contributed by atoms with Crippen LogP contribution in [0, 0.1) is 12.3 Å². The van der Waals surface area contributed by atoms with Gasteiger partial charge in [0, 0.05) is 13.2 Å². The van der Waals surface area contributed by atoms with Crippen LogP contribution in [0.3, 0.4) is 0 Å². The average molecular weight is 216 g/mol. The molecule has 1 rings (SSSR count). The first-order chi connectivity index (χ1) is 7.00. The van der Waals surface area contributed by atoms with Crippen molar-refractivity contribution in [2.24, 2.45) is 0 Å². The molecule has 0 spiro atoms. The van der Waals surface area contributed by atoms with Crippen LogP contribution >= 0.6 is 0 Å². The molecule has 2 unspecified atom stereocenters. The Hall–Kier alpha value is -1.38. The van der Waals surface area contributed by atoms with E-state index in [1.165, 1.54) is 7.11 Å². The second kappa shape index (κ2) is 4.01. The minimum Gasteiger partial charge on any atom is -0.494 e. The van der Waals surface area contributed by atoms with Gasteiger partial charge in [0.1, 0.15) is 0 Å². The fraction of sp³-hybridized carbons (Fsp3) is 0.400. The Labute approximate surface area is 86.0 Å². The maximum Gasteiger partial charge on any atom is 0.226 e. The van der Waals surface area contributed by atoms with E-state index in [1.807, 2.05) is 5.92 Å². The summed E-state index contributed by atoms with van der Waals surface area (Å²) in [5.41, 5.74) is -0.626. The average Bonchev–Trinajstić information content (AvgIpc) is 2.24. The largest absolute Gasteiger partial charge is 0.494 e. The molecule has 0 aromatic heterocycles. The van der Waals surface area contributed by atoms with Crippen molar-refractivity contribution in [2.75, 3.05) is 14.2 Å². The maximum absolute atomic E-state index is 13.5. The van der Waals surface area contributed by atoms with E-state index in [4.69, 9.17) is 6.42 Å². The molecule has 0 bridgehead atoms. The van der Waals surface area contributed by atoms with Crippen LogP contribution in [-0.2, 0) is 9.47 Å². The molecular formula is C10H10F2O3. The lowest BCUT2D eigenvalue weighted by Crippen LogP contribution is -2.43. The number of halogens is 2. The first kappa shape index (κ1) is 11.7. The van der Waals surface area contributed by atoms with Crippen molar-refractivity contribution < 1.29 is 23.4 Å². The van der Waals surface area contributed by atoms with E-state index >= 15 is 0 Å². The van der Waals surface area contributed by atoms with Gasteiger partial charge in [0.05, 0.1) is 12.7 Å². The fourth-order valence-corrected chi connectivity index (χ4v) is 1.22. The summed E-state index contributed by atoms with van der Waals surface area (Å²) in [5, 5.41) is 9.62. The van der Waals surface area contributed by atoms with E-state index in [1.54, 1.807) is 0 Å². The van der Waals surface area contributed by atoms with Gasteiger partial charge in [-0.1, -0.05) is 5.92 Å². The molecule has 0 aliphatic heterocycles. The summed E-state index contributed by atoms with van der Waals surface area (Å²) >= 11 is 0. The first-order valence-electron chi connectivity index (χ1n) is 4.05. The van der Waals surface area contributed by atoms with Gasteiger partial charge in [0.15, 0.2) is 17.8 Å². The molecular weight excluding hydrogens is 206 g/mol. The second-order valence-electron chi connectivity index (χ2n) is 2.90. The molecule has 0 saturated carbocycles. The lowest BCUT2D eigenvalue weighted by molar-refractivity contribution is -0.182. The lowest BCUT2D eigenvalue weighted by atomic mass is 9.95. The van der Waals surface area contributed by atoms with Crippen LogP contribution in [0.4, 0.5) is 8.78 Å². The number of hydrogen-bond donors (Lipinski definition) is 1. The van der Waals surface area contributed by atoms with Gasteiger partial charge in [-0.2, -0.15) is 0 Å². The molecule has 1 aliphatic rings. The molecule has 0 aromatic rings. The van der Waals surface area contributed by atoms with Crippen LogP contribution in [0.15, 0.2) is 23.2 Å². The van der Waals surface area contributed by atoms with Gasteiger partial charge in [0.2, 0.25) is 5.79 Å². The number of ether oxygens (including phenoxy) is 2. The van der Waals surface area contributed by atoms with Crippen molar-refractivity contribution >= 4 is 0 Å². The molecule has 0 amide bonds. The Morgan fingerprint density at radius 1 is 1.60 bits per heavy atom.